The van der Waals surface area contributed by atoms with Crippen LogP contribution in [0.5, 0.6) is 0 Å². The normalized spacial score (nSPS) is 11.5. The van der Waals surface area contributed by atoms with Gasteiger partial charge in [-0.15, -0.1) is 0 Å². The van der Waals surface area contributed by atoms with Crippen LogP contribution in [0.25, 0.3) is 76.9 Å². The molecule has 0 amide bonds. The summed E-state index contributed by atoms with van der Waals surface area (Å²) < 4.78 is 6.60. The number of benzene rings is 9. The smallest absolute Gasteiger partial charge is 0.159 e. The molecule has 2 nitrogen and oxygen atoms in total. The number of rotatable bonds is 6. The van der Waals surface area contributed by atoms with Crippen LogP contribution in [0.1, 0.15) is 5.56 Å². The fourth-order valence-electron chi connectivity index (χ4n) is 7.90. The molecule has 0 N–H and O–H groups in total. The van der Waals surface area contributed by atoms with Gasteiger partial charge >= 0.3 is 0 Å². The lowest BCUT2D eigenvalue weighted by Gasteiger charge is -2.26. The summed E-state index contributed by atoms with van der Waals surface area (Å²) in [6, 6.07) is 69.8. The van der Waals surface area contributed by atoms with Crippen LogP contribution in [0.15, 0.2) is 199 Å². The molecular weight excluding hydrogens is 643 g/mol. The van der Waals surface area contributed by atoms with Gasteiger partial charge in [0.05, 0.1) is 5.69 Å². The molecule has 10 rings (SSSR count). The molecule has 250 valence electrons. The van der Waals surface area contributed by atoms with Gasteiger partial charge in [0.1, 0.15) is 5.58 Å². The Bertz CT molecular complexity index is 2930. The Morgan fingerprint density at radius 1 is 0.377 bits per heavy atom. The fourth-order valence-corrected chi connectivity index (χ4v) is 7.90. The molecule has 1 heterocycles. The first-order valence-corrected chi connectivity index (χ1v) is 18.2. The van der Waals surface area contributed by atoms with Crippen molar-refractivity contribution in [2.24, 2.45) is 0 Å². The summed E-state index contributed by atoms with van der Waals surface area (Å²) in [7, 11) is 0. The minimum Gasteiger partial charge on any atom is -0.454 e. The molecule has 0 fully saturated rings. The lowest BCUT2D eigenvalue weighted by atomic mass is 9.93. The highest BCUT2D eigenvalue weighted by Gasteiger charge is 2.20. The molecule has 0 aliphatic heterocycles. The zero-order valence-electron chi connectivity index (χ0n) is 29.3. The number of para-hydroxylation sites is 2. The van der Waals surface area contributed by atoms with Gasteiger partial charge in [-0.25, -0.2) is 0 Å². The number of hydrogen-bond acceptors (Lipinski definition) is 2. The van der Waals surface area contributed by atoms with E-state index in [1.54, 1.807) is 0 Å². The van der Waals surface area contributed by atoms with Crippen molar-refractivity contribution < 1.29 is 4.42 Å². The van der Waals surface area contributed by atoms with Gasteiger partial charge in [0, 0.05) is 22.1 Å². The second-order valence-electron chi connectivity index (χ2n) is 13.8. The molecule has 0 aliphatic rings. The van der Waals surface area contributed by atoms with E-state index in [1.165, 1.54) is 60.5 Å². The van der Waals surface area contributed by atoms with Gasteiger partial charge in [-0.2, -0.15) is 0 Å². The fraction of sp³-hybridized carbons (Fsp3) is 0.0196. The molecule has 2 heteroatoms. The predicted octanol–water partition coefficient (Wildman–Crippen LogP) is 14.7. The summed E-state index contributed by atoms with van der Waals surface area (Å²) in [6.07, 6.45) is 0. The number of furan rings is 1. The van der Waals surface area contributed by atoms with Crippen molar-refractivity contribution in [2.45, 2.75) is 6.92 Å². The molecule has 0 bridgehead atoms. The maximum absolute atomic E-state index is 6.60. The Kier molecular flexibility index (Phi) is 7.40. The van der Waals surface area contributed by atoms with Crippen LogP contribution in [0.2, 0.25) is 0 Å². The van der Waals surface area contributed by atoms with Crippen LogP contribution < -0.4 is 4.90 Å². The number of aryl methyl sites for hydroxylation is 1. The molecule has 0 atom stereocenters. The van der Waals surface area contributed by atoms with E-state index in [2.05, 4.69) is 194 Å². The van der Waals surface area contributed by atoms with Crippen molar-refractivity contribution in [1.29, 1.82) is 0 Å². The summed E-state index contributed by atoms with van der Waals surface area (Å²) in [5.74, 6) is 0. The topological polar surface area (TPSA) is 16.4 Å². The first kappa shape index (κ1) is 30.9. The van der Waals surface area contributed by atoms with Crippen molar-refractivity contribution in [3.63, 3.8) is 0 Å². The molecule has 1 aromatic heterocycles. The molecule has 53 heavy (non-hydrogen) atoms. The van der Waals surface area contributed by atoms with Crippen molar-refractivity contribution in [2.75, 3.05) is 4.90 Å². The Morgan fingerprint density at radius 2 is 0.925 bits per heavy atom. The Morgan fingerprint density at radius 3 is 1.64 bits per heavy atom. The zero-order chi connectivity index (χ0) is 35.3. The van der Waals surface area contributed by atoms with E-state index in [0.717, 1.165) is 39.0 Å². The van der Waals surface area contributed by atoms with Crippen LogP contribution >= 0.6 is 0 Å². The first-order valence-electron chi connectivity index (χ1n) is 18.2. The van der Waals surface area contributed by atoms with Crippen LogP contribution in [-0.2, 0) is 0 Å². The lowest BCUT2D eigenvalue weighted by Crippen LogP contribution is -2.10. The standard InChI is InChI=1S/C51H35NO/c1-34-10-8-12-39(32-34)37-22-20-35(21-23-37)36-24-28-41(29-25-36)52(49-18-9-17-47-46-16-6-7-19-50(46)53-51(47)49)42-30-26-38(27-31-42)48-33-40-11-2-3-13-43(40)44-14-4-5-15-45(44)48/h2-33H,1H3. The van der Waals surface area contributed by atoms with E-state index in [9.17, 15) is 0 Å². The average molecular weight is 678 g/mol. The van der Waals surface area contributed by atoms with Gasteiger partial charge in [-0.1, -0.05) is 157 Å². The number of fused-ring (bicyclic) bond motifs is 6. The maximum atomic E-state index is 6.60. The highest BCUT2D eigenvalue weighted by Crippen LogP contribution is 2.43. The molecule has 0 unspecified atom stereocenters. The van der Waals surface area contributed by atoms with Gasteiger partial charge < -0.3 is 9.32 Å². The Labute approximate surface area is 308 Å². The van der Waals surface area contributed by atoms with E-state index >= 15 is 0 Å². The molecule has 0 saturated heterocycles. The third kappa shape index (κ3) is 5.44. The summed E-state index contributed by atoms with van der Waals surface area (Å²) in [5, 5.41) is 7.27. The largest absolute Gasteiger partial charge is 0.454 e. The Balaban J connectivity index is 1.07. The van der Waals surface area contributed by atoms with Crippen LogP contribution in [0, 0.1) is 6.92 Å². The summed E-state index contributed by atoms with van der Waals surface area (Å²) in [6.45, 7) is 2.14. The highest BCUT2D eigenvalue weighted by molar-refractivity contribution is 6.14. The minimum atomic E-state index is 0.870. The second-order valence-corrected chi connectivity index (χ2v) is 13.8. The second kappa shape index (κ2) is 12.7. The Hall–Kier alpha value is -6.90. The molecule has 10 aromatic rings. The summed E-state index contributed by atoms with van der Waals surface area (Å²) in [5.41, 5.74) is 13.4. The number of nitrogens with zero attached hydrogens (tertiary/aromatic N) is 1. The van der Waals surface area contributed by atoms with Gasteiger partial charge in [-0.05, 0) is 104 Å². The number of hydrogen-bond donors (Lipinski definition) is 0. The van der Waals surface area contributed by atoms with Crippen LogP contribution in [0.4, 0.5) is 17.1 Å². The lowest BCUT2D eigenvalue weighted by molar-refractivity contribution is 0.669. The SMILES string of the molecule is Cc1cccc(-c2ccc(-c3ccc(N(c4ccc(-c5cc6ccccc6c6ccccc56)cc4)c4cccc5c4oc4ccccc45)cc3)cc2)c1. The quantitative estimate of drug-likeness (QED) is 0.163. The van der Waals surface area contributed by atoms with E-state index < -0.39 is 0 Å². The average Bonchev–Trinajstić information content (AvgIpc) is 3.61. The molecule has 0 spiro atoms. The van der Waals surface area contributed by atoms with Gasteiger partial charge in [0.25, 0.3) is 0 Å². The van der Waals surface area contributed by atoms with Crippen molar-refractivity contribution in [1.82, 2.24) is 0 Å². The van der Waals surface area contributed by atoms with Crippen molar-refractivity contribution >= 4 is 60.5 Å². The third-order valence-corrected chi connectivity index (χ3v) is 10.5. The number of anilines is 3. The van der Waals surface area contributed by atoms with E-state index in [1.807, 2.05) is 12.1 Å². The van der Waals surface area contributed by atoms with Gasteiger partial charge in [-0.3, -0.25) is 0 Å². The minimum absolute atomic E-state index is 0.870. The molecule has 9 aromatic carbocycles. The maximum Gasteiger partial charge on any atom is 0.159 e. The van der Waals surface area contributed by atoms with E-state index in [4.69, 9.17) is 4.42 Å². The van der Waals surface area contributed by atoms with Crippen LogP contribution in [-0.4, -0.2) is 0 Å². The van der Waals surface area contributed by atoms with Gasteiger partial charge in [0.15, 0.2) is 5.58 Å². The summed E-state index contributed by atoms with van der Waals surface area (Å²) >= 11 is 0. The van der Waals surface area contributed by atoms with Gasteiger partial charge in [0.2, 0.25) is 0 Å². The van der Waals surface area contributed by atoms with E-state index in [-0.39, 0.29) is 0 Å². The van der Waals surface area contributed by atoms with Crippen molar-refractivity contribution in [3.05, 3.63) is 200 Å². The molecule has 0 radical (unpaired) electrons. The van der Waals surface area contributed by atoms with Crippen LogP contribution in [0.3, 0.4) is 0 Å². The molecular formula is C51H35NO. The molecule has 0 saturated carbocycles. The predicted molar refractivity (Wildman–Crippen MR) is 224 cm³/mol. The molecule has 0 aliphatic carbocycles. The summed E-state index contributed by atoms with van der Waals surface area (Å²) in [4.78, 5) is 2.32. The first-order chi connectivity index (χ1) is 26.2. The monoisotopic (exact) mass is 677 g/mol. The highest BCUT2D eigenvalue weighted by atomic mass is 16.3. The third-order valence-electron chi connectivity index (χ3n) is 10.5. The zero-order valence-corrected chi connectivity index (χ0v) is 29.3. The van der Waals surface area contributed by atoms with E-state index in [0.29, 0.717) is 0 Å². The van der Waals surface area contributed by atoms with Crippen molar-refractivity contribution in [3.8, 4) is 33.4 Å².